The van der Waals surface area contributed by atoms with Gasteiger partial charge < -0.3 is 4.57 Å². The molecular formula is C15H16FNO. The molecule has 0 atom stereocenters. The Labute approximate surface area is 106 Å². The Balaban J connectivity index is 2.48. The predicted octanol–water partition coefficient (Wildman–Crippen LogP) is 3.27. The summed E-state index contributed by atoms with van der Waals surface area (Å²) in [6.07, 6.45) is 0.429. The second-order valence-electron chi connectivity index (χ2n) is 4.61. The lowest BCUT2D eigenvalue weighted by Crippen LogP contribution is -2.03. The molecule has 0 fully saturated rings. The van der Waals surface area contributed by atoms with Gasteiger partial charge in [-0.25, -0.2) is 4.39 Å². The Bertz CT molecular complexity index is 581. The Hall–Kier alpha value is -1.90. The van der Waals surface area contributed by atoms with Crippen LogP contribution < -0.4 is 0 Å². The van der Waals surface area contributed by atoms with Crippen LogP contribution in [0.5, 0.6) is 0 Å². The molecule has 0 spiro atoms. The molecule has 0 radical (unpaired) electrons. The van der Waals surface area contributed by atoms with Gasteiger partial charge in [0, 0.05) is 19.2 Å². The van der Waals surface area contributed by atoms with Crippen molar-refractivity contribution in [3.63, 3.8) is 0 Å². The molecule has 0 saturated heterocycles. The van der Waals surface area contributed by atoms with Gasteiger partial charge in [0.1, 0.15) is 11.6 Å². The molecule has 0 unspecified atom stereocenters. The van der Waals surface area contributed by atoms with E-state index in [-0.39, 0.29) is 11.6 Å². The summed E-state index contributed by atoms with van der Waals surface area (Å²) in [6.45, 7) is 3.59. The normalized spacial score (nSPS) is 10.7. The molecule has 94 valence electrons. The third-order valence-electron chi connectivity index (χ3n) is 3.07. The summed E-state index contributed by atoms with van der Waals surface area (Å²) in [7, 11) is 1.93. The van der Waals surface area contributed by atoms with Crippen LogP contribution >= 0.6 is 0 Å². The van der Waals surface area contributed by atoms with E-state index in [4.69, 9.17) is 0 Å². The minimum atomic E-state index is -0.241. The Morgan fingerprint density at radius 3 is 2.44 bits per heavy atom. The molecule has 3 heteroatoms. The number of hydrogen-bond donors (Lipinski definition) is 0. The van der Waals surface area contributed by atoms with E-state index in [1.165, 1.54) is 12.1 Å². The predicted molar refractivity (Wildman–Crippen MR) is 69.9 cm³/mol. The first-order valence-corrected chi connectivity index (χ1v) is 5.89. The third kappa shape index (κ3) is 2.35. The third-order valence-corrected chi connectivity index (χ3v) is 3.07. The molecule has 0 aliphatic carbocycles. The number of aryl methyl sites for hydroxylation is 1. The van der Waals surface area contributed by atoms with Crippen LogP contribution in [0.25, 0.3) is 11.3 Å². The molecule has 1 aromatic carbocycles. The quantitative estimate of drug-likeness (QED) is 0.813. The Morgan fingerprint density at radius 2 is 1.89 bits per heavy atom. The van der Waals surface area contributed by atoms with Crippen LogP contribution in [0, 0.1) is 12.7 Å². The van der Waals surface area contributed by atoms with E-state index in [0.29, 0.717) is 6.42 Å². The number of carbonyl (C=O) groups is 1. The van der Waals surface area contributed by atoms with Crippen molar-refractivity contribution in [2.45, 2.75) is 20.3 Å². The zero-order chi connectivity index (χ0) is 13.3. The monoisotopic (exact) mass is 245 g/mol. The van der Waals surface area contributed by atoms with E-state index in [1.54, 1.807) is 19.1 Å². The highest BCUT2D eigenvalue weighted by Crippen LogP contribution is 2.26. The summed E-state index contributed by atoms with van der Waals surface area (Å²) < 4.78 is 14.9. The number of ketones is 1. The summed E-state index contributed by atoms with van der Waals surface area (Å²) in [5, 5.41) is 0. The molecule has 18 heavy (non-hydrogen) atoms. The first kappa shape index (κ1) is 12.6. The molecular weight excluding hydrogens is 229 g/mol. The first-order chi connectivity index (χ1) is 8.49. The number of benzene rings is 1. The van der Waals surface area contributed by atoms with Gasteiger partial charge in [-0.3, -0.25) is 4.79 Å². The topological polar surface area (TPSA) is 22.0 Å². The minimum absolute atomic E-state index is 0.140. The highest BCUT2D eigenvalue weighted by Gasteiger charge is 2.12. The fraction of sp³-hybridized carbons (Fsp3) is 0.267. The number of rotatable bonds is 3. The van der Waals surface area contributed by atoms with Gasteiger partial charge in [-0.05, 0) is 55.3 Å². The largest absolute Gasteiger partial charge is 0.347 e. The van der Waals surface area contributed by atoms with Gasteiger partial charge in [0.15, 0.2) is 0 Å². The van der Waals surface area contributed by atoms with Crippen LogP contribution in [0.3, 0.4) is 0 Å². The number of aromatic nitrogens is 1. The highest BCUT2D eigenvalue weighted by atomic mass is 19.1. The molecule has 0 amide bonds. The van der Waals surface area contributed by atoms with Gasteiger partial charge in [-0.15, -0.1) is 0 Å². The maximum atomic E-state index is 12.9. The van der Waals surface area contributed by atoms with E-state index >= 15 is 0 Å². The number of carbonyl (C=O) groups excluding carboxylic acids is 1. The average Bonchev–Trinajstić information content (AvgIpc) is 2.55. The second-order valence-corrected chi connectivity index (χ2v) is 4.61. The lowest BCUT2D eigenvalue weighted by Gasteiger charge is -2.08. The first-order valence-electron chi connectivity index (χ1n) is 5.89. The van der Waals surface area contributed by atoms with Crippen molar-refractivity contribution in [2.24, 2.45) is 7.05 Å². The molecule has 1 aromatic heterocycles. The van der Waals surface area contributed by atoms with Crippen molar-refractivity contribution in [1.82, 2.24) is 4.57 Å². The van der Waals surface area contributed by atoms with Crippen molar-refractivity contribution in [3.8, 4) is 11.3 Å². The maximum Gasteiger partial charge on any atom is 0.135 e. The van der Waals surface area contributed by atoms with Crippen molar-refractivity contribution >= 4 is 5.78 Å². The molecule has 0 aliphatic rings. The highest BCUT2D eigenvalue weighted by molar-refractivity contribution is 5.78. The van der Waals surface area contributed by atoms with Crippen LogP contribution in [-0.2, 0) is 18.3 Å². The minimum Gasteiger partial charge on any atom is -0.347 e. The van der Waals surface area contributed by atoms with E-state index in [1.807, 2.05) is 24.6 Å². The van der Waals surface area contributed by atoms with E-state index in [0.717, 1.165) is 22.5 Å². The van der Waals surface area contributed by atoms with Gasteiger partial charge in [-0.1, -0.05) is 0 Å². The fourth-order valence-corrected chi connectivity index (χ4v) is 2.28. The molecule has 2 nitrogen and oxygen atoms in total. The van der Waals surface area contributed by atoms with Crippen LogP contribution in [0.15, 0.2) is 30.3 Å². The second kappa shape index (κ2) is 4.77. The maximum absolute atomic E-state index is 12.9. The zero-order valence-corrected chi connectivity index (χ0v) is 10.8. The average molecular weight is 245 g/mol. The van der Waals surface area contributed by atoms with Crippen molar-refractivity contribution in [3.05, 3.63) is 47.4 Å². The standard InChI is InChI=1S/C15H16FNO/c1-10-8-14(9-11(2)18)17(3)15(10)12-4-6-13(16)7-5-12/h4-8H,9H2,1-3H3. The number of hydrogen-bond acceptors (Lipinski definition) is 1. The molecule has 2 aromatic rings. The van der Waals surface area contributed by atoms with Gasteiger partial charge in [0.2, 0.25) is 0 Å². The van der Waals surface area contributed by atoms with E-state index in [2.05, 4.69) is 0 Å². The molecule has 0 aliphatic heterocycles. The Kier molecular flexibility index (Phi) is 3.32. The van der Waals surface area contributed by atoms with Crippen LogP contribution in [0.2, 0.25) is 0 Å². The van der Waals surface area contributed by atoms with E-state index < -0.39 is 0 Å². The smallest absolute Gasteiger partial charge is 0.135 e. The summed E-state index contributed by atoms with van der Waals surface area (Å²) in [5.74, 6) is -0.101. The fourth-order valence-electron chi connectivity index (χ4n) is 2.28. The van der Waals surface area contributed by atoms with Gasteiger partial charge in [-0.2, -0.15) is 0 Å². The lowest BCUT2D eigenvalue weighted by atomic mass is 10.1. The SMILES string of the molecule is CC(=O)Cc1cc(C)c(-c2ccc(F)cc2)n1C. The van der Waals surface area contributed by atoms with Crippen LogP contribution in [0.4, 0.5) is 4.39 Å². The number of Topliss-reactive ketones (excluding diaryl/α,β-unsaturated/α-hetero) is 1. The molecule has 0 N–H and O–H groups in total. The Morgan fingerprint density at radius 1 is 1.28 bits per heavy atom. The molecule has 0 saturated carbocycles. The van der Waals surface area contributed by atoms with Gasteiger partial charge in [0.05, 0.1) is 5.69 Å². The number of nitrogens with zero attached hydrogens (tertiary/aromatic N) is 1. The molecule has 2 rings (SSSR count). The number of halogens is 1. The van der Waals surface area contributed by atoms with Crippen LogP contribution in [0.1, 0.15) is 18.2 Å². The lowest BCUT2D eigenvalue weighted by molar-refractivity contribution is -0.116. The van der Waals surface area contributed by atoms with E-state index in [9.17, 15) is 9.18 Å². The summed E-state index contributed by atoms with van der Waals surface area (Å²) in [4.78, 5) is 11.2. The van der Waals surface area contributed by atoms with Gasteiger partial charge >= 0.3 is 0 Å². The zero-order valence-electron chi connectivity index (χ0n) is 10.8. The van der Waals surface area contributed by atoms with Crippen molar-refractivity contribution in [2.75, 3.05) is 0 Å². The molecule has 0 bridgehead atoms. The molecule has 1 heterocycles. The van der Waals surface area contributed by atoms with Crippen molar-refractivity contribution < 1.29 is 9.18 Å². The van der Waals surface area contributed by atoms with Crippen molar-refractivity contribution in [1.29, 1.82) is 0 Å². The van der Waals surface area contributed by atoms with Crippen LogP contribution in [-0.4, -0.2) is 10.4 Å². The summed E-state index contributed by atoms with van der Waals surface area (Å²) in [5.41, 5.74) is 4.08. The van der Waals surface area contributed by atoms with Gasteiger partial charge in [0.25, 0.3) is 0 Å². The summed E-state index contributed by atoms with van der Waals surface area (Å²) in [6, 6.07) is 8.43. The summed E-state index contributed by atoms with van der Waals surface area (Å²) >= 11 is 0.